The molecule has 0 spiro atoms. The molecule has 0 aliphatic heterocycles. The molecule has 3 N–H and O–H groups in total. The van der Waals surface area contributed by atoms with Gasteiger partial charge in [0, 0.05) is 12.1 Å². The van der Waals surface area contributed by atoms with Gasteiger partial charge in [0.25, 0.3) is 11.8 Å². The summed E-state index contributed by atoms with van der Waals surface area (Å²) in [7, 11) is 0. The Morgan fingerprint density at radius 3 is 2.05 bits per heavy atom. The second kappa shape index (κ2) is 16.2. The van der Waals surface area contributed by atoms with Crippen LogP contribution in [0.4, 0.5) is 0 Å². The van der Waals surface area contributed by atoms with E-state index in [-0.39, 0.29) is 18.1 Å². The van der Waals surface area contributed by atoms with Crippen LogP contribution in [0.1, 0.15) is 39.9 Å². The molecule has 0 radical (unpaired) electrons. The number of carbonyl (C=O) groups is 3. The first-order valence-electron chi connectivity index (χ1n) is 14.0. The van der Waals surface area contributed by atoms with Gasteiger partial charge in [0.2, 0.25) is 0 Å². The van der Waals surface area contributed by atoms with Crippen LogP contribution in [0.25, 0.3) is 6.08 Å². The van der Waals surface area contributed by atoms with Crippen molar-refractivity contribution in [1.82, 2.24) is 10.6 Å². The number of carboxylic acids is 1. The van der Waals surface area contributed by atoms with Gasteiger partial charge in [-0.25, -0.2) is 4.79 Å². The van der Waals surface area contributed by atoms with Crippen molar-refractivity contribution < 1.29 is 29.0 Å². The molecular weight excluding hydrogens is 544 g/mol. The number of carboxylic acid groups (broad SMARTS) is 1. The van der Waals surface area contributed by atoms with Crippen LogP contribution in [0.3, 0.4) is 0 Å². The van der Waals surface area contributed by atoms with Crippen LogP contribution >= 0.6 is 0 Å². The number of nitrogens with one attached hydrogen (secondary N) is 2. The third kappa shape index (κ3) is 10.2. The fourth-order valence-electron chi connectivity index (χ4n) is 4.23. The number of aliphatic carboxylic acids is 1. The molecule has 0 bridgehead atoms. The first kappa shape index (κ1) is 30.6. The van der Waals surface area contributed by atoms with Gasteiger partial charge >= 0.3 is 5.97 Å². The molecule has 4 aromatic rings. The van der Waals surface area contributed by atoms with Gasteiger partial charge in [0.15, 0.2) is 18.1 Å². The van der Waals surface area contributed by atoms with Gasteiger partial charge in [-0.1, -0.05) is 84.9 Å². The number of rotatable bonds is 15. The Balaban J connectivity index is 1.51. The first-order chi connectivity index (χ1) is 21.0. The molecule has 4 aromatic carbocycles. The fourth-order valence-corrected chi connectivity index (χ4v) is 4.23. The van der Waals surface area contributed by atoms with E-state index < -0.39 is 24.4 Å². The number of hydrogen-bond acceptors (Lipinski definition) is 5. The average molecular weight is 579 g/mol. The molecular formula is C35H34N2O6. The van der Waals surface area contributed by atoms with Gasteiger partial charge in [-0.15, -0.1) is 0 Å². The maximum absolute atomic E-state index is 13.3. The summed E-state index contributed by atoms with van der Waals surface area (Å²) < 4.78 is 11.4. The predicted octanol–water partition coefficient (Wildman–Crippen LogP) is 5.64. The van der Waals surface area contributed by atoms with Crippen molar-refractivity contribution in [1.29, 1.82) is 0 Å². The van der Waals surface area contributed by atoms with Gasteiger partial charge in [-0.2, -0.15) is 0 Å². The Morgan fingerprint density at radius 1 is 0.721 bits per heavy atom. The van der Waals surface area contributed by atoms with Gasteiger partial charge in [-0.3, -0.25) is 9.59 Å². The maximum Gasteiger partial charge on any atom is 0.341 e. The summed E-state index contributed by atoms with van der Waals surface area (Å²) in [5.74, 6) is -1.43. The van der Waals surface area contributed by atoms with Gasteiger partial charge in [-0.05, 0) is 66.3 Å². The average Bonchev–Trinajstić information content (AvgIpc) is 3.04. The van der Waals surface area contributed by atoms with Gasteiger partial charge < -0.3 is 25.2 Å². The molecule has 0 saturated heterocycles. The largest absolute Gasteiger partial charge is 0.485 e. The van der Waals surface area contributed by atoms with Crippen LogP contribution in [0, 0.1) is 0 Å². The molecule has 0 aromatic heterocycles. The highest BCUT2D eigenvalue weighted by Gasteiger charge is 2.16. The van der Waals surface area contributed by atoms with Crippen LogP contribution in [0.5, 0.6) is 11.5 Å². The zero-order chi connectivity index (χ0) is 30.3. The lowest BCUT2D eigenvalue weighted by Gasteiger charge is -2.14. The molecule has 4 rings (SSSR count). The smallest absolute Gasteiger partial charge is 0.341 e. The minimum Gasteiger partial charge on any atom is -0.485 e. The third-order valence-corrected chi connectivity index (χ3v) is 6.42. The second-order valence-electron chi connectivity index (χ2n) is 9.74. The highest BCUT2D eigenvalue weighted by atomic mass is 16.5. The van der Waals surface area contributed by atoms with Crippen LogP contribution < -0.4 is 20.1 Å². The summed E-state index contributed by atoms with van der Waals surface area (Å²) in [6, 6.07) is 33.2. The predicted molar refractivity (Wildman–Crippen MR) is 165 cm³/mol. The number of ether oxygens (including phenoxy) is 2. The van der Waals surface area contributed by atoms with E-state index >= 15 is 0 Å². The van der Waals surface area contributed by atoms with E-state index in [4.69, 9.17) is 14.6 Å². The maximum atomic E-state index is 13.3. The lowest BCUT2D eigenvalue weighted by molar-refractivity contribution is -0.139. The summed E-state index contributed by atoms with van der Waals surface area (Å²) in [5.41, 5.74) is 3.17. The van der Waals surface area contributed by atoms with E-state index in [1.807, 2.05) is 48.5 Å². The molecule has 0 aliphatic rings. The van der Waals surface area contributed by atoms with Gasteiger partial charge in [0.1, 0.15) is 12.3 Å². The minimum atomic E-state index is -1.12. The van der Waals surface area contributed by atoms with E-state index in [0.717, 1.165) is 24.8 Å². The van der Waals surface area contributed by atoms with Crippen molar-refractivity contribution in [2.75, 3.05) is 13.2 Å². The lowest BCUT2D eigenvalue weighted by atomic mass is 10.1. The van der Waals surface area contributed by atoms with E-state index in [9.17, 15) is 14.4 Å². The molecule has 0 heterocycles. The van der Waals surface area contributed by atoms with Crippen molar-refractivity contribution in [2.45, 2.75) is 25.9 Å². The topological polar surface area (TPSA) is 114 Å². The number of benzene rings is 4. The molecule has 8 nitrogen and oxygen atoms in total. The number of carbonyl (C=O) groups excluding carboxylic acids is 2. The normalized spacial score (nSPS) is 10.9. The van der Waals surface area contributed by atoms with Gasteiger partial charge in [0.05, 0.1) is 0 Å². The molecule has 2 amide bonds. The Bertz CT molecular complexity index is 1520. The van der Waals surface area contributed by atoms with Crippen molar-refractivity contribution >= 4 is 23.9 Å². The van der Waals surface area contributed by atoms with Crippen molar-refractivity contribution in [3.8, 4) is 11.5 Å². The molecule has 8 heteroatoms. The first-order valence-corrected chi connectivity index (χ1v) is 14.0. The number of aryl methyl sites for hydroxylation is 1. The second-order valence-corrected chi connectivity index (χ2v) is 9.74. The van der Waals surface area contributed by atoms with Crippen molar-refractivity contribution in [3.63, 3.8) is 0 Å². The number of amides is 2. The van der Waals surface area contributed by atoms with Crippen molar-refractivity contribution in [2.24, 2.45) is 0 Å². The monoisotopic (exact) mass is 578 g/mol. The summed E-state index contributed by atoms with van der Waals surface area (Å²) in [6.07, 6.45) is 4.13. The van der Waals surface area contributed by atoms with E-state index in [0.29, 0.717) is 23.4 Å². The summed E-state index contributed by atoms with van der Waals surface area (Å²) in [4.78, 5) is 37.4. The number of unbranched alkanes of at least 4 members (excludes halogenated alkanes) is 1. The quantitative estimate of drug-likeness (QED) is 0.124. The zero-order valence-corrected chi connectivity index (χ0v) is 23.7. The Labute approximate surface area is 251 Å². The van der Waals surface area contributed by atoms with E-state index in [2.05, 4.69) is 22.8 Å². The highest BCUT2D eigenvalue weighted by molar-refractivity contribution is 6.05. The Kier molecular flexibility index (Phi) is 11.5. The van der Waals surface area contributed by atoms with Crippen LogP contribution in [0.15, 0.2) is 115 Å². The van der Waals surface area contributed by atoms with Crippen molar-refractivity contribution in [3.05, 3.63) is 137 Å². The summed E-state index contributed by atoms with van der Waals surface area (Å²) in [6.45, 7) is 0.123. The van der Waals surface area contributed by atoms with Crippen LogP contribution in [0.2, 0.25) is 0 Å². The zero-order valence-electron chi connectivity index (χ0n) is 23.7. The van der Waals surface area contributed by atoms with Crippen LogP contribution in [-0.2, 0) is 22.6 Å². The SMILES string of the molecule is O=C(O)COc1ccc(C=C(NC(=O)c2ccccc2)C(=O)NCCCCc2ccccc2)cc1OCc1ccccc1. The molecule has 43 heavy (non-hydrogen) atoms. The molecule has 0 fully saturated rings. The van der Waals surface area contributed by atoms with E-state index in [1.54, 1.807) is 54.6 Å². The number of hydrogen-bond donors (Lipinski definition) is 3. The van der Waals surface area contributed by atoms with Crippen LogP contribution in [-0.4, -0.2) is 36.0 Å². The summed E-state index contributed by atoms with van der Waals surface area (Å²) >= 11 is 0. The minimum absolute atomic E-state index is 0.0603. The Hall–Kier alpha value is -5.37. The lowest BCUT2D eigenvalue weighted by Crippen LogP contribution is -2.35. The molecule has 0 saturated carbocycles. The van der Waals surface area contributed by atoms with E-state index in [1.165, 1.54) is 5.56 Å². The fraction of sp³-hybridized carbons (Fsp3) is 0.171. The Morgan fingerprint density at radius 2 is 1.37 bits per heavy atom. The summed E-state index contributed by atoms with van der Waals surface area (Å²) in [5, 5.41) is 14.7. The third-order valence-electron chi connectivity index (χ3n) is 6.42. The molecule has 220 valence electrons. The highest BCUT2D eigenvalue weighted by Crippen LogP contribution is 2.30. The molecule has 0 unspecified atom stereocenters. The molecule has 0 aliphatic carbocycles. The standard InChI is InChI=1S/C35H34N2O6/c38-33(39)25-43-31-20-19-28(23-32(31)42-24-27-15-6-2-7-16-27)22-30(37-34(40)29-17-8-3-9-18-29)35(41)36-21-11-10-14-26-12-4-1-5-13-26/h1-9,12-13,15-20,22-23H,10-11,14,21,24-25H2,(H,36,41)(H,37,40)(H,38,39). The molecule has 0 atom stereocenters.